The van der Waals surface area contributed by atoms with E-state index >= 15 is 0 Å². The Kier molecular flexibility index (Phi) is 3.15. The molecule has 22 heavy (non-hydrogen) atoms. The maximum Gasteiger partial charge on any atom is 0.231 e. The minimum Gasteiger partial charge on any atom is -0.438 e. The molecule has 1 aliphatic carbocycles. The minimum atomic E-state index is 0.708. The van der Waals surface area contributed by atoms with Gasteiger partial charge in [0.2, 0.25) is 5.88 Å². The normalized spacial score (nSPS) is 13.6. The Morgan fingerprint density at radius 1 is 1.05 bits per heavy atom. The van der Waals surface area contributed by atoms with E-state index in [0.717, 1.165) is 33.5 Å². The molecular weight excluding hydrogens is 292 g/mol. The van der Waals surface area contributed by atoms with Gasteiger partial charge in [-0.3, -0.25) is 0 Å². The third-order valence-corrected chi connectivity index (χ3v) is 5.47. The minimum absolute atomic E-state index is 0.708. The fraction of sp³-hybridized carbons (Fsp3) is 0.333. The van der Waals surface area contributed by atoms with Crippen molar-refractivity contribution in [3.8, 4) is 11.6 Å². The number of thiophene rings is 1. The molecule has 0 saturated heterocycles. The molecule has 0 unspecified atom stereocenters. The highest BCUT2D eigenvalue weighted by atomic mass is 32.1. The highest BCUT2D eigenvalue weighted by Crippen LogP contribution is 2.41. The maximum atomic E-state index is 6.25. The van der Waals surface area contributed by atoms with Gasteiger partial charge in [-0.1, -0.05) is 17.7 Å². The lowest BCUT2D eigenvalue weighted by Gasteiger charge is -2.13. The van der Waals surface area contributed by atoms with E-state index < -0.39 is 0 Å². The smallest absolute Gasteiger partial charge is 0.231 e. The van der Waals surface area contributed by atoms with Crippen LogP contribution in [0.25, 0.3) is 10.2 Å². The van der Waals surface area contributed by atoms with E-state index in [2.05, 4.69) is 42.9 Å². The monoisotopic (exact) mass is 310 g/mol. The number of benzene rings is 1. The van der Waals surface area contributed by atoms with Gasteiger partial charge >= 0.3 is 0 Å². The molecule has 0 fully saturated rings. The third-order valence-electron chi connectivity index (χ3n) is 4.27. The number of rotatable bonds is 2. The van der Waals surface area contributed by atoms with Gasteiger partial charge in [-0.25, -0.2) is 9.97 Å². The number of fused-ring (bicyclic) bond motifs is 3. The highest BCUT2D eigenvalue weighted by molar-refractivity contribution is 7.18. The molecule has 4 rings (SSSR count). The van der Waals surface area contributed by atoms with Crippen molar-refractivity contribution in [1.82, 2.24) is 9.97 Å². The average molecular weight is 310 g/mol. The van der Waals surface area contributed by atoms with Crippen molar-refractivity contribution in [3.63, 3.8) is 0 Å². The van der Waals surface area contributed by atoms with Crippen molar-refractivity contribution < 1.29 is 4.74 Å². The number of aromatic nitrogens is 2. The van der Waals surface area contributed by atoms with Gasteiger partial charge in [0.05, 0.1) is 5.39 Å². The molecule has 1 aliphatic rings. The molecule has 2 aromatic heterocycles. The van der Waals surface area contributed by atoms with Crippen LogP contribution in [0.2, 0.25) is 0 Å². The molecular formula is C18H18N2OS. The molecule has 0 atom stereocenters. The summed E-state index contributed by atoms with van der Waals surface area (Å²) in [6.45, 7) is 6.29. The Labute approximate surface area is 134 Å². The van der Waals surface area contributed by atoms with E-state index in [1.807, 2.05) is 0 Å². The van der Waals surface area contributed by atoms with E-state index in [9.17, 15) is 0 Å². The summed E-state index contributed by atoms with van der Waals surface area (Å²) >= 11 is 1.79. The van der Waals surface area contributed by atoms with Gasteiger partial charge in [0, 0.05) is 4.88 Å². The molecule has 0 spiro atoms. The van der Waals surface area contributed by atoms with Crippen LogP contribution < -0.4 is 4.74 Å². The zero-order valence-electron chi connectivity index (χ0n) is 13.1. The van der Waals surface area contributed by atoms with Gasteiger partial charge in [-0.2, -0.15) is 0 Å². The van der Waals surface area contributed by atoms with Crippen molar-refractivity contribution in [2.45, 2.75) is 40.0 Å². The third kappa shape index (κ3) is 2.10. The van der Waals surface area contributed by atoms with Crippen LogP contribution in [0.15, 0.2) is 18.5 Å². The second kappa shape index (κ2) is 5.06. The van der Waals surface area contributed by atoms with Crippen molar-refractivity contribution >= 4 is 21.6 Å². The standard InChI is InChI=1S/C18H18N2OS/c1-10-7-11(2)16(12(3)8-10)21-17-15-13-5-4-6-14(13)22-18(15)20-9-19-17/h7-9H,4-6H2,1-3H3. The van der Waals surface area contributed by atoms with Crippen molar-refractivity contribution in [2.24, 2.45) is 0 Å². The molecule has 2 heterocycles. The summed E-state index contributed by atoms with van der Waals surface area (Å²) in [6.07, 6.45) is 5.12. The van der Waals surface area contributed by atoms with E-state index in [4.69, 9.17) is 4.74 Å². The first-order valence-corrected chi connectivity index (χ1v) is 8.46. The quantitative estimate of drug-likeness (QED) is 0.675. The van der Waals surface area contributed by atoms with Crippen LogP contribution in [0.5, 0.6) is 11.6 Å². The van der Waals surface area contributed by atoms with Gasteiger partial charge in [0.25, 0.3) is 0 Å². The molecule has 0 amide bonds. The molecule has 4 heteroatoms. The van der Waals surface area contributed by atoms with E-state index in [1.54, 1.807) is 17.7 Å². The number of ether oxygens (including phenoxy) is 1. The van der Waals surface area contributed by atoms with Crippen molar-refractivity contribution in [1.29, 1.82) is 0 Å². The second-order valence-corrected chi connectivity index (χ2v) is 7.13. The highest BCUT2D eigenvalue weighted by Gasteiger charge is 2.22. The zero-order valence-corrected chi connectivity index (χ0v) is 13.9. The molecule has 0 radical (unpaired) electrons. The Balaban J connectivity index is 1.86. The fourth-order valence-electron chi connectivity index (χ4n) is 3.40. The van der Waals surface area contributed by atoms with Crippen LogP contribution in [0, 0.1) is 20.8 Å². The van der Waals surface area contributed by atoms with Gasteiger partial charge in [-0.15, -0.1) is 11.3 Å². The summed E-state index contributed by atoms with van der Waals surface area (Å²) in [5.41, 5.74) is 4.96. The van der Waals surface area contributed by atoms with Crippen LogP contribution in [0.4, 0.5) is 0 Å². The van der Waals surface area contributed by atoms with Gasteiger partial charge in [0.15, 0.2) is 0 Å². The number of nitrogens with zero attached hydrogens (tertiary/aromatic N) is 2. The van der Waals surface area contributed by atoms with Crippen molar-refractivity contribution in [3.05, 3.63) is 45.6 Å². The number of hydrogen-bond acceptors (Lipinski definition) is 4. The average Bonchev–Trinajstić information content (AvgIpc) is 3.03. The van der Waals surface area contributed by atoms with Crippen LogP contribution >= 0.6 is 11.3 Å². The largest absolute Gasteiger partial charge is 0.438 e. The van der Waals surface area contributed by atoms with Crippen molar-refractivity contribution in [2.75, 3.05) is 0 Å². The molecule has 0 aliphatic heterocycles. The summed E-state index contributed by atoms with van der Waals surface area (Å²) in [7, 11) is 0. The summed E-state index contributed by atoms with van der Waals surface area (Å²) < 4.78 is 6.25. The molecule has 0 N–H and O–H groups in total. The SMILES string of the molecule is Cc1cc(C)c(Oc2ncnc3sc4c(c23)CCC4)c(C)c1. The molecule has 3 aromatic rings. The first-order valence-electron chi connectivity index (χ1n) is 7.64. The van der Waals surface area contributed by atoms with E-state index in [1.165, 1.54) is 28.8 Å². The van der Waals surface area contributed by atoms with Gasteiger partial charge in [-0.05, 0) is 56.7 Å². The van der Waals surface area contributed by atoms with Crippen LogP contribution in [-0.2, 0) is 12.8 Å². The molecule has 3 nitrogen and oxygen atoms in total. The predicted molar refractivity (Wildman–Crippen MR) is 90.2 cm³/mol. The Hall–Kier alpha value is -1.94. The van der Waals surface area contributed by atoms with E-state index in [0.29, 0.717) is 5.88 Å². The summed E-state index contributed by atoms with van der Waals surface area (Å²) in [5, 5.41) is 1.12. The maximum absolute atomic E-state index is 6.25. The summed E-state index contributed by atoms with van der Waals surface area (Å²) in [6, 6.07) is 4.30. The topological polar surface area (TPSA) is 35.0 Å². The lowest BCUT2D eigenvalue weighted by Crippen LogP contribution is -1.96. The lowest BCUT2D eigenvalue weighted by molar-refractivity contribution is 0.461. The first kappa shape index (κ1) is 13.7. The van der Waals surface area contributed by atoms with Crippen LogP contribution in [0.1, 0.15) is 33.6 Å². The Morgan fingerprint density at radius 3 is 2.59 bits per heavy atom. The zero-order chi connectivity index (χ0) is 15.3. The fourth-order valence-corrected chi connectivity index (χ4v) is 4.62. The van der Waals surface area contributed by atoms with Crippen LogP contribution in [-0.4, -0.2) is 9.97 Å². The summed E-state index contributed by atoms with van der Waals surface area (Å²) in [5.74, 6) is 1.63. The second-order valence-electron chi connectivity index (χ2n) is 6.05. The predicted octanol–water partition coefficient (Wildman–Crippen LogP) is 4.90. The Bertz CT molecular complexity index is 859. The van der Waals surface area contributed by atoms with Gasteiger partial charge in [0.1, 0.15) is 16.9 Å². The van der Waals surface area contributed by atoms with Gasteiger partial charge < -0.3 is 4.74 Å². The molecule has 0 bridgehead atoms. The Morgan fingerprint density at radius 2 is 1.82 bits per heavy atom. The first-order chi connectivity index (χ1) is 10.6. The summed E-state index contributed by atoms with van der Waals surface area (Å²) in [4.78, 5) is 11.4. The molecule has 112 valence electrons. The number of hydrogen-bond donors (Lipinski definition) is 0. The lowest BCUT2D eigenvalue weighted by atomic mass is 10.1. The number of aryl methyl sites for hydroxylation is 5. The van der Waals surface area contributed by atoms with E-state index in [-0.39, 0.29) is 0 Å². The molecule has 1 aromatic carbocycles. The van der Waals surface area contributed by atoms with Crippen LogP contribution in [0.3, 0.4) is 0 Å². The molecule has 0 saturated carbocycles.